The minimum atomic E-state index is -0.509. The van der Waals surface area contributed by atoms with Crippen LogP contribution in [0.5, 0.6) is 11.5 Å². The molecule has 24 heavy (non-hydrogen) atoms. The van der Waals surface area contributed by atoms with Gasteiger partial charge in [0.25, 0.3) is 0 Å². The van der Waals surface area contributed by atoms with Gasteiger partial charge in [-0.05, 0) is 31.7 Å². The Morgan fingerprint density at radius 3 is 2.33 bits per heavy atom. The third-order valence-electron chi connectivity index (χ3n) is 4.57. The van der Waals surface area contributed by atoms with E-state index in [0.29, 0.717) is 22.4 Å². The predicted molar refractivity (Wildman–Crippen MR) is 98.3 cm³/mol. The van der Waals surface area contributed by atoms with Gasteiger partial charge in [0.2, 0.25) is 11.9 Å². The Kier molecular flexibility index (Phi) is 4.49. The third-order valence-corrected chi connectivity index (χ3v) is 4.93. The maximum atomic E-state index is 6.25. The van der Waals surface area contributed by atoms with E-state index in [1.807, 2.05) is 17.0 Å². The summed E-state index contributed by atoms with van der Waals surface area (Å²) in [5.41, 5.74) is 12.4. The van der Waals surface area contributed by atoms with Crippen LogP contribution in [-0.2, 0) is 0 Å². The number of nitrogens with zero attached hydrogens (tertiary/aromatic N) is 3. The van der Waals surface area contributed by atoms with Gasteiger partial charge in [-0.25, -0.2) is 4.99 Å². The second-order valence-corrected chi connectivity index (χ2v) is 6.50. The van der Waals surface area contributed by atoms with Crippen molar-refractivity contribution >= 4 is 30.2 Å². The van der Waals surface area contributed by atoms with Gasteiger partial charge >= 0.3 is 0 Å². The van der Waals surface area contributed by atoms with Crippen molar-refractivity contribution in [1.29, 1.82) is 0 Å². The van der Waals surface area contributed by atoms with Crippen LogP contribution in [-0.4, -0.2) is 31.8 Å². The van der Waals surface area contributed by atoms with Crippen LogP contribution in [0.15, 0.2) is 27.0 Å². The van der Waals surface area contributed by atoms with Gasteiger partial charge < -0.3 is 20.9 Å². The van der Waals surface area contributed by atoms with Gasteiger partial charge in [0.1, 0.15) is 5.66 Å². The molecule has 8 heteroatoms. The fourth-order valence-corrected chi connectivity index (χ4v) is 3.79. The fraction of sp³-hybridized carbons (Fsp3) is 0.500. The topological polar surface area (TPSA) is 98.5 Å². The molecule has 0 atom stereocenters. The second kappa shape index (κ2) is 6.43. The zero-order valence-corrected chi connectivity index (χ0v) is 14.8. The van der Waals surface area contributed by atoms with Crippen molar-refractivity contribution in [2.45, 2.75) is 42.7 Å². The number of hydrogen-bond donors (Lipinski definition) is 3. The largest absolute Gasteiger partial charge is 0.493 e. The maximum absolute atomic E-state index is 6.25. The van der Waals surface area contributed by atoms with E-state index >= 15 is 0 Å². The molecule has 0 amide bonds. The average molecular weight is 349 g/mol. The zero-order valence-electron chi connectivity index (χ0n) is 14.0. The van der Waals surface area contributed by atoms with Gasteiger partial charge in [0.15, 0.2) is 11.5 Å². The molecule has 0 radical (unpaired) electrons. The van der Waals surface area contributed by atoms with Crippen LogP contribution >= 0.6 is 12.6 Å². The molecular formula is C16H23N5O2S. The molecule has 4 N–H and O–H groups in total. The SMILES string of the molecule is COc1cc(S)c(N2C(N)=NC(N)=NC23CCCCC3)cc1OC. The quantitative estimate of drug-likeness (QED) is 0.726. The molecule has 1 aromatic carbocycles. The summed E-state index contributed by atoms with van der Waals surface area (Å²) in [6, 6.07) is 3.67. The van der Waals surface area contributed by atoms with E-state index in [2.05, 4.69) is 22.6 Å². The van der Waals surface area contributed by atoms with Crippen LogP contribution in [0.25, 0.3) is 0 Å². The Morgan fingerprint density at radius 2 is 1.71 bits per heavy atom. The molecule has 0 saturated heterocycles. The van der Waals surface area contributed by atoms with Crippen molar-refractivity contribution in [1.82, 2.24) is 0 Å². The number of hydrogen-bond acceptors (Lipinski definition) is 8. The second-order valence-electron chi connectivity index (χ2n) is 6.01. The number of nitrogens with two attached hydrogens (primary N) is 2. The lowest BCUT2D eigenvalue weighted by Gasteiger charge is -2.46. The van der Waals surface area contributed by atoms with E-state index in [1.165, 1.54) is 6.42 Å². The van der Waals surface area contributed by atoms with Crippen molar-refractivity contribution in [3.8, 4) is 11.5 Å². The number of benzene rings is 1. The van der Waals surface area contributed by atoms with Crippen LogP contribution in [0, 0.1) is 0 Å². The van der Waals surface area contributed by atoms with E-state index in [9.17, 15) is 0 Å². The predicted octanol–water partition coefficient (Wildman–Crippen LogP) is 2.10. The summed E-state index contributed by atoms with van der Waals surface area (Å²) in [7, 11) is 3.19. The molecule has 1 heterocycles. The number of aliphatic imine (C=N–C) groups is 2. The van der Waals surface area contributed by atoms with Gasteiger partial charge in [-0.3, -0.25) is 4.90 Å². The Bertz CT molecular complexity index is 698. The molecular weight excluding hydrogens is 326 g/mol. The van der Waals surface area contributed by atoms with Gasteiger partial charge in [-0.2, -0.15) is 4.99 Å². The van der Waals surface area contributed by atoms with Gasteiger partial charge in [0.05, 0.1) is 19.9 Å². The summed E-state index contributed by atoms with van der Waals surface area (Å²) in [6.45, 7) is 0. The number of anilines is 1. The molecule has 3 rings (SSSR count). The average Bonchev–Trinajstić information content (AvgIpc) is 2.55. The van der Waals surface area contributed by atoms with Crippen molar-refractivity contribution < 1.29 is 9.47 Å². The molecule has 1 aliphatic heterocycles. The van der Waals surface area contributed by atoms with Crippen molar-refractivity contribution in [2.75, 3.05) is 19.1 Å². The Labute approximate surface area is 147 Å². The molecule has 2 aliphatic rings. The number of thiol groups is 1. The lowest BCUT2D eigenvalue weighted by Crippen LogP contribution is -2.58. The van der Waals surface area contributed by atoms with Crippen LogP contribution < -0.4 is 25.8 Å². The van der Waals surface area contributed by atoms with Crippen molar-refractivity contribution in [3.63, 3.8) is 0 Å². The normalized spacial score (nSPS) is 19.7. The highest BCUT2D eigenvalue weighted by Crippen LogP contribution is 2.44. The summed E-state index contributed by atoms with van der Waals surface area (Å²) >= 11 is 4.62. The first-order valence-corrected chi connectivity index (χ1v) is 8.40. The lowest BCUT2D eigenvalue weighted by atomic mass is 9.87. The van der Waals surface area contributed by atoms with Gasteiger partial charge in [0, 0.05) is 11.0 Å². The maximum Gasteiger partial charge on any atom is 0.220 e. The monoisotopic (exact) mass is 349 g/mol. The minimum absolute atomic E-state index is 0.229. The highest BCUT2D eigenvalue weighted by molar-refractivity contribution is 7.80. The first kappa shape index (κ1) is 16.8. The molecule has 130 valence electrons. The summed E-state index contributed by atoms with van der Waals surface area (Å²) in [5, 5.41) is 0. The first-order valence-electron chi connectivity index (χ1n) is 7.95. The summed E-state index contributed by atoms with van der Waals surface area (Å²) < 4.78 is 10.8. The minimum Gasteiger partial charge on any atom is -0.493 e. The molecule has 1 saturated carbocycles. The number of rotatable bonds is 3. The lowest BCUT2D eigenvalue weighted by molar-refractivity contribution is 0.304. The summed E-state index contributed by atoms with van der Waals surface area (Å²) in [4.78, 5) is 11.5. The molecule has 7 nitrogen and oxygen atoms in total. The Balaban J connectivity index is 2.13. The van der Waals surface area contributed by atoms with Crippen molar-refractivity contribution in [3.05, 3.63) is 12.1 Å². The molecule has 1 aromatic rings. The Hall–Kier alpha value is -2.09. The highest BCUT2D eigenvalue weighted by atomic mass is 32.1. The van der Waals surface area contributed by atoms with Crippen LogP contribution in [0.3, 0.4) is 0 Å². The van der Waals surface area contributed by atoms with Crippen LogP contribution in [0.4, 0.5) is 5.69 Å². The van der Waals surface area contributed by atoms with Gasteiger partial charge in [-0.1, -0.05) is 6.42 Å². The smallest absolute Gasteiger partial charge is 0.220 e. The number of guanidine groups is 2. The first-order chi connectivity index (χ1) is 11.5. The third kappa shape index (κ3) is 2.75. The number of methoxy groups -OCH3 is 2. The van der Waals surface area contributed by atoms with Crippen LogP contribution in [0.1, 0.15) is 32.1 Å². The van der Waals surface area contributed by atoms with E-state index in [0.717, 1.165) is 31.4 Å². The summed E-state index contributed by atoms with van der Waals surface area (Å²) in [5.74, 6) is 1.77. The fourth-order valence-electron chi connectivity index (χ4n) is 3.51. The molecule has 1 fully saturated rings. The zero-order chi connectivity index (χ0) is 17.3. The Morgan fingerprint density at radius 1 is 1.08 bits per heavy atom. The van der Waals surface area contributed by atoms with E-state index in [-0.39, 0.29) is 5.96 Å². The van der Waals surface area contributed by atoms with Crippen LogP contribution in [0.2, 0.25) is 0 Å². The molecule has 0 unspecified atom stereocenters. The molecule has 1 aliphatic carbocycles. The molecule has 1 spiro atoms. The standard InChI is InChI=1S/C16H23N5O2S/c1-22-11-8-10(13(24)9-12(11)23-2)21-15(18)19-14(17)20-16(21)6-4-3-5-7-16/h8-9,24H,3-7H2,1-2H3,(H4,17,18,19,20). The number of ether oxygens (including phenoxy) is 2. The highest BCUT2D eigenvalue weighted by Gasteiger charge is 2.43. The molecule has 0 bridgehead atoms. The summed E-state index contributed by atoms with van der Waals surface area (Å²) in [6.07, 6.45) is 5.05. The van der Waals surface area contributed by atoms with Gasteiger partial charge in [-0.15, -0.1) is 12.6 Å². The molecule has 0 aromatic heterocycles. The van der Waals surface area contributed by atoms with Crippen molar-refractivity contribution in [2.24, 2.45) is 21.5 Å². The van der Waals surface area contributed by atoms with E-state index < -0.39 is 5.66 Å². The van der Waals surface area contributed by atoms with E-state index in [1.54, 1.807) is 14.2 Å². The van der Waals surface area contributed by atoms with E-state index in [4.69, 9.17) is 20.9 Å².